The molecule has 16 heavy (non-hydrogen) atoms. The van der Waals surface area contributed by atoms with Crippen LogP contribution in [0.15, 0.2) is 24.3 Å². The van der Waals surface area contributed by atoms with Crippen molar-refractivity contribution in [1.82, 2.24) is 5.32 Å². The molecule has 0 aromatic heterocycles. The maximum atomic E-state index is 11.6. The van der Waals surface area contributed by atoms with Crippen LogP contribution in [0.25, 0.3) is 0 Å². The Labute approximate surface area is 101 Å². The summed E-state index contributed by atoms with van der Waals surface area (Å²) >= 11 is 5.99. The highest BCUT2D eigenvalue weighted by Crippen LogP contribution is 2.27. The average Bonchev–Trinajstić information content (AvgIpc) is 3.05. The van der Waals surface area contributed by atoms with Gasteiger partial charge in [0.25, 0.3) is 0 Å². The molecule has 0 unspecified atom stereocenters. The van der Waals surface area contributed by atoms with E-state index < -0.39 is 0 Å². The molecule has 0 saturated heterocycles. The molecule has 0 aliphatic heterocycles. The van der Waals surface area contributed by atoms with Crippen molar-refractivity contribution in [3.05, 3.63) is 34.9 Å². The Bertz CT molecular complexity index is 374. The largest absolute Gasteiger partial charge is 0.310 e. The number of Topliss-reactive ketones (excluding diaryl/α,β-unsaturated/α-hetero) is 1. The van der Waals surface area contributed by atoms with Gasteiger partial charge in [-0.15, -0.1) is 0 Å². The minimum atomic E-state index is 0.203. The average molecular weight is 238 g/mol. The first-order valence-corrected chi connectivity index (χ1v) is 6.09. The van der Waals surface area contributed by atoms with Crippen molar-refractivity contribution in [2.45, 2.75) is 19.3 Å². The minimum absolute atomic E-state index is 0.203. The van der Waals surface area contributed by atoms with Gasteiger partial charge in [-0.3, -0.25) is 4.79 Å². The summed E-state index contributed by atoms with van der Waals surface area (Å²) in [5.41, 5.74) is 0.919. The first-order chi connectivity index (χ1) is 7.75. The molecule has 1 aromatic carbocycles. The van der Waals surface area contributed by atoms with Crippen molar-refractivity contribution in [3.63, 3.8) is 0 Å². The van der Waals surface area contributed by atoms with Crippen LogP contribution in [0.1, 0.15) is 18.4 Å². The molecule has 0 amide bonds. The Morgan fingerprint density at radius 2 is 2.12 bits per heavy atom. The zero-order valence-electron chi connectivity index (χ0n) is 9.21. The van der Waals surface area contributed by atoms with Crippen LogP contribution in [0, 0.1) is 5.92 Å². The van der Waals surface area contributed by atoms with Crippen LogP contribution in [0.2, 0.25) is 5.02 Å². The summed E-state index contributed by atoms with van der Waals surface area (Å²) in [6, 6.07) is 7.51. The van der Waals surface area contributed by atoms with E-state index in [9.17, 15) is 4.79 Å². The molecule has 0 radical (unpaired) electrons. The number of hydrogen-bond donors (Lipinski definition) is 1. The predicted octanol–water partition coefficient (Wildman–Crippen LogP) is 2.45. The lowest BCUT2D eigenvalue weighted by Gasteiger charge is -2.04. The first-order valence-electron chi connectivity index (χ1n) is 5.71. The van der Waals surface area contributed by atoms with Crippen molar-refractivity contribution in [1.29, 1.82) is 0 Å². The minimum Gasteiger partial charge on any atom is -0.310 e. The molecule has 1 aliphatic rings. The molecule has 86 valence electrons. The lowest BCUT2D eigenvalue weighted by Crippen LogP contribution is -2.26. The van der Waals surface area contributed by atoms with Crippen molar-refractivity contribution >= 4 is 17.4 Å². The van der Waals surface area contributed by atoms with Crippen molar-refractivity contribution in [2.75, 3.05) is 13.1 Å². The topological polar surface area (TPSA) is 29.1 Å². The van der Waals surface area contributed by atoms with Gasteiger partial charge in [0.05, 0.1) is 6.54 Å². The SMILES string of the molecule is O=C(CNCC1CC1)Cc1ccccc1Cl. The van der Waals surface area contributed by atoms with Gasteiger partial charge in [-0.1, -0.05) is 29.8 Å². The van der Waals surface area contributed by atoms with Crippen molar-refractivity contribution in [3.8, 4) is 0 Å². The number of carbonyl (C=O) groups excluding carboxylic acids is 1. The third kappa shape index (κ3) is 3.62. The highest BCUT2D eigenvalue weighted by atomic mass is 35.5. The number of benzene rings is 1. The molecule has 1 aliphatic carbocycles. The van der Waals surface area contributed by atoms with Crippen LogP contribution in [0.3, 0.4) is 0 Å². The van der Waals surface area contributed by atoms with Crippen molar-refractivity contribution in [2.24, 2.45) is 5.92 Å². The molecule has 2 nitrogen and oxygen atoms in total. The van der Waals surface area contributed by atoms with Gasteiger partial charge in [-0.25, -0.2) is 0 Å². The first kappa shape index (κ1) is 11.6. The second kappa shape index (κ2) is 5.46. The molecule has 0 bridgehead atoms. The number of ketones is 1. The van der Waals surface area contributed by atoms with Gasteiger partial charge < -0.3 is 5.32 Å². The molecule has 0 heterocycles. The second-order valence-corrected chi connectivity index (χ2v) is 4.79. The lowest BCUT2D eigenvalue weighted by atomic mass is 10.1. The van der Waals surface area contributed by atoms with Gasteiger partial charge in [0, 0.05) is 11.4 Å². The maximum absolute atomic E-state index is 11.6. The summed E-state index contributed by atoms with van der Waals surface area (Å²) in [4.78, 5) is 11.6. The van der Waals surface area contributed by atoms with Gasteiger partial charge in [0.2, 0.25) is 0 Å². The zero-order chi connectivity index (χ0) is 11.4. The van der Waals surface area contributed by atoms with E-state index in [1.54, 1.807) is 0 Å². The summed E-state index contributed by atoms with van der Waals surface area (Å²) in [5, 5.41) is 3.87. The quantitative estimate of drug-likeness (QED) is 0.824. The molecule has 0 spiro atoms. The smallest absolute Gasteiger partial charge is 0.151 e. The summed E-state index contributed by atoms with van der Waals surface area (Å²) in [7, 11) is 0. The summed E-state index contributed by atoms with van der Waals surface area (Å²) < 4.78 is 0. The van der Waals surface area contributed by atoms with Crippen molar-refractivity contribution < 1.29 is 4.79 Å². The van der Waals surface area contributed by atoms with E-state index in [4.69, 9.17) is 11.6 Å². The second-order valence-electron chi connectivity index (χ2n) is 4.38. The van der Waals surface area contributed by atoms with Gasteiger partial charge >= 0.3 is 0 Å². The summed E-state index contributed by atoms with van der Waals surface area (Å²) in [6.45, 7) is 1.44. The van der Waals surface area contributed by atoms with Crippen LogP contribution in [0.4, 0.5) is 0 Å². The fourth-order valence-electron chi connectivity index (χ4n) is 1.65. The number of halogens is 1. The van der Waals surface area contributed by atoms with E-state index in [1.165, 1.54) is 12.8 Å². The standard InChI is InChI=1S/C13H16ClNO/c14-13-4-2-1-3-11(13)7-12(16)9-15-8-10-5-6-10/h1-4,10,15H,5-9H2. The van der Waals surface area contributed by atoms with Gasteiger partial charge in [-0.2, -0.15) is 0 Å². The molecular weight excluding hydrogens is 222 g/mol. The van der Waals surface area contributed by atoms with E-state index >= 15 is 0 Å². The van der Waals surface area contributed by atoms with Gasteiger partial charge in [0.1, 0.15) is 0 Å². The number of carbonyl (C=O) groups is 1. The number of nitrogens with one attached hydrogen (secondary N) is 1. The molecule has 0 atom stereocenters. The Morgan fingerprint density at radius 3 is 2.81 bits per heavy atom. The van der Waals surface area contributed by atoms with Crippen LogP contribution in [0.5, 0.6) is 0 Å². The number of rotatable bonds is 6. The van der Waals surface area contributed by atoms with E-state index in [0.717, 1.165) is 18.0 Å². The Kier molecular flexibility index (Phi) is 3.97. The van der Waals surface area contributed by atoms with Crippen LogP contribution in [-0.2, 0) is 11.2 Å². The van der Waals surface area contributed by atoms with Crippen LogP contribution >= 0.6 is 11.6 Å². The highest BCUT2D eigenvalue weighted by Gasteiger charge is 2.20. The van der Waals surface area contributed by atoms with Crippen LogP contribution < -0.4 is 5.32 Å². The lowest BCUT2D eigenvalue weighted by molar-refractivity contribution is -0.117. The zero-order valence-corrected chi connectivity index (χ0v) is 9.96. The summed E-state index contributed by atoms with van der Waals surface area (Å²) in [6.07, 6.45) is 3.05. The molecule has 1 fully saturated rings. The normalized spacial score (nSPS) is 15.1. The molecule has 1 aromatic rings. The Hall–Kier alpha value is -0.860. The fraction of sp³-hybridized carbons (Fsp3) is 0.462. The van der Waals surface area contributed by atoms with E-state index in [1.807, 2.05) is 24.3 Å². The third-order valence-corrected chi connectivity index (χ3v) is 3.17. The Morgan fingerprint density at radius 1 is 1.38 bits per heavy atom. The van der Waals surface area contributed by atoms with Gasteiger partial charge in [-0.05, 0) is 36.9 Å². The van der Waals surface area contributed by atoms with E-state index in [2.05, 4.69) is 5.32 Å². The monoisotopic (exact) mass is 237 g/mol. The molecule has 1 N–H and O–H groups in total. The number of hydrogen-bond acceptors (Lipinski definition) is 2. The summed E-state index contributed by atoms with van der Waals surface area (Å²) in [5.74, 6) is 1.02. The van der Waals surface area contributed by atoms with Gasteiger partial charge in [0.15, 0.2) is 5.78 Å². The molecule has 3 heteroatoms. The van der Waals surface area contributed by atoms with E-state index in [-0.39, 0.29) is 5.78 Å². The third-order valence-electron chi connectivity index (χ3n) is 2.80. The van der Waals surface area contributed by atoms with Crippen LogP contribution in [-0.4, -0.2) is 18.9 Å². The Balaban J connectivity index is 1.75. The molecular formula is C13H16ClNO. The molecule has 1 saturated carbocycles. The maximum Gasteiger partial charge on any atom is 0.151 e. The van der Waals surface area contributed by atoms with E-state index in [0.29, 0.717) is 18.0 Å². The highest BCUT2D eigenvalue weighted by molar-refractivity contribution is 6.31. The molecule has 2 rings (SSSR count). The fourth-order valence-corrected chi connectivity index (χ4v) is 1.86. The predicted molar refractivity (Wildman–Crippen MR) is 65.8 cm³/mol.